The van der Waals surface area contributed by atoms with Crippen molar-refractivity contribution in [1.82, 2.24) is 15.1 Å². The number of hydrogen-bond donors (Lipinski definition) is 1. The first kappa shape index (κ1) is 15.5. The standard InChI is InChI=1S/C14H13Cl2N3O2/c1-9-2-5-13(20)19(18-9)7-6-17-14(21)11-8-10(15)3-4-12(11)16/h2-5,8H,6-7H2,1H3,(H,17,21). The number of nitrogens with zero attached hydrogens (tertiary/aromatic N) is 2. The Morgan fingerprint density at radius 3 is 2.81 bits per heavy atom. The molecule has 110 valence electrons. The van der Waals surface area contributed by atoms with E-state index in [-0.39, 0.29) is 24.6 Å². The van der Waals surface area contributed by atoms with Crippen molar-refractivity contribution in [2.45, 2.75) is 13.5 Å². The van der Waals surface area contributed by atoms with Crippen molar-refractivity contribution < 1.29 is 4.79 Å². The molecule has 0 spiro atoms. The lowest BCUT2D eigenvalue weighted by Gasteiger charge is -2.08. The largest absolute Gasteiger partial charge is 0.350 e. The lowest BCUT2D eigenvalue weighted by Crippen LogP contribution is -2.32. The zero-order chi connectivity index (χ0) is 15.4. The number of nitrogens with one attached hydrogen (secondary N) is 1. The van der Waals surface area contributed by atoms with Crippen molar-refractivity contribution >= 4 is 29.1 Å². The van der Waals surface area contributed by atoms with E-state index in [1.165, 1.54) is 16.8 Å². The van der Waals surface area contributed by atoms with Gasteiger partial charge in [0.15, 0.2) is 0 Å². The summed E-state index contributed by atoms with van der Waals surface area (Å²) >= 11 is 11.8. The summed E-state index contributed by atoms with van der Waals surface area (Å²) in [6, 6.07) is 7.75. The number of halogens is 2. The second-order valence-electron chi connectivity index (χ2n) is 4.42. The zero-order valence-corrected chi connectivity index (χ0v) is 12.8. The third kappa shape index (κ3) is 4.06. The Labute approximate surface area is 131 Å². The normalized spacial score (nSPS) is 10.4. The molecule has 0 fully saturated rings. The van der Waals surface area contributed by atoms with Crippen LogP contribution in [-0.2, 0) is 6.54 Å². The van der Waals surface area contributed by atoms with Gasteiger partial charge in [-0.15, -0.1) is 0 Å². The summed E-state index contributed by atoms with van der Waals surface area (Å²) in [4.78, 5) is 23.6. The molecule has 0 radical (unpaired) electrons. The van der Waals surface area contributed by atoms with E-state index < -0.39 is 0 Å². The summed E-state index contributed by atoms with van der Waals surface area (Å²) in [6.07, 6.45) is 0. The van der Waals surface area contributed by atoms with Gasteiger partial charge in [-0.1, -0.05) is 23.2 Å². The predicted molar refractivity (Wildman–Crippen MR) is 82.0 cm³/mol. The van der Waals surface area contributed by atoms with Gasteiger partial charge in [0.1, 0.15) is 0 Å². The minimum atomic E-state index is -0.344. The highest BCUT2D eigenvalue weighted by atomic mass is 35.5. The molecule has 1 N–H and O–H groups in total. The molecular formula is C14H13Cl2N3O2. The van der Waals surface area contributed by atoms with Crippen molar-refractivity contribution in [3.63, 3.8) is 0 Å². The molecule has 0 bridgehead atoms. The van der Waals surface area contributed by atoms with Crippen molar-refractivity contribution in [2.75, 3.05) is 6.54 Å². The number of aryl methyl sites for hydroxylation is 1. The van der Waals surface area contributed by atoms with Crippen LogP contribution in [0, 0.1) is 6.92 Å². The van der Waals surface area contributed by atoms with E-state index in [2.05, 4.69) is 10.4 Å². The Balaban J connectivity index is 2.00. The molecule has 1 amide bonds. The number of aromatic nitrogens is 2. The lowest BCUT2D eigenvalue weighted by molar-refractivity contribution is 0.0952. The number of amides is 1. The van der Waals surface area contributed by atoms with Gasteiger partial charge >= 0.3 is 0 Å². The second kappa shape index (κ2) is 6.74. The summed E-state index contributed by atoms with van der Waals surface area (Å²) in [6.45, 7) is 2.34. The van der Waals surface area contributed by atoms with Gasteiger partial charge < -0.3 is 5.32 Å². The molecule has 0 aliphatic rings. The van der Waals surface area contributed by atoms with Crippen LogP contribution in [0.2, 0.25) is 10.0 Å². The maximum Gasteiger partial charge on any atom is 0.266 e. The fourth-order valence-electron chi connectivity index (χ4n) is 1.75. The number of carbonyl (C=O) groups excluding carboxylic acids is 1. The van der Waals surface area contributed by atoms with Crippen LogP contribution < -0.4 is 10.9 Å². The molecule has 21 heavy (non-hydrogen) atoms. The topological polar surface area (TPSA) is 64.0 Å². The maximum absolute atomic E-state index is 12.0. The van der Waals surface area contributed by atoms with Gasteiger partial charge in [-0.3, -0.25) is 9.59 Å². The fourth-order valence-corrected chi connectivity index (χ4v) is 2.13. The molecular weight excluding hydrogens is 313 g/mol. The van der Waals surface area contributed by atoms with Crippen LogP contribution in [0.15, 0.2) is 35.1 Å². The summed E-state index contributed by atoms with van der Waals surface area (Å²) in [5.74, 6) is -0.344. The Bertz CT molecular complexity index is 728. The Morgan fingerprint density at radius 2 is 2.05 bits per heavy atom. The Kier molecular flexibility index (Phi) is 4.98. The van der Waals surface area contributed by atoms with Gasteiger partial charge in [0.2, 0.25) is 0 Å². The van der Waals surface area contributed by atoms with Crippen molar-refractivity contribution in [2.24, 2.45) is 0 Å². The quantitative estimate of drug-likeness (QED) is 0.938. The van der Waals surface area contributed by atoms with E-state index in [4.69, 9.17) is 23.2 Å². The molecule has 0 aliphatic carbocycles. The van der Waals surface area contributed by atoms with Gasteiger partial charge in [-0.2, -0.15) is 5.10 Å². The summed E-state index contributed by atoms with van der Waals surface area (Å²) < 4.78 is 1.30. The molecule has 0 unspecified atom stereocenters. The van der Waals surface area contributed by atoms with Crippen LogP contribution >= 0.6 is 23.2 Å². The lowest BCUT2D eigenvalue weighted by atomic mass is 10.2. The van der Waals surface area contributed by atoms with Gasteiger partial charge in [-0.05, 0) is 31.2 Å². The maximum atomic E-state index is 12.0. The van der Waals surface area contributed by atoms with Gasteiger partial charge in [0.05, 0.1) is 22.8 Å². The smallest absolute Gasteiger partial charge is 0.266 e. The van der Waals surface area contributed by atoms with E-state index in [1.54, 1.807) is 25.1 Å². The van der Waals surface area contributed by atoms with Gasteiger partial charge in [0, 0.05) is 17.6 Å². The number of hydrogen-bond acceptors (Lipinski definition) is 3. The monoisotopic (exact) mass is 325 g/mol. The molecule has 1 aromatic carbocycles. The number of rotatable bonds is 4. The van der Waals surface area contributed by atoms with Crippen molar-refractivity contribution in [3.8, 4) is 0 Å². The highest BCUT2D eigenvalue weighted by Gasteiger charge is 2.10. The summed E-state index contributed by atoms with van der Waals surface area (Å²) in [5.41, 5.74) is 0.822. The number of benzene rings is 1. The van der Waals surface area contributed by atoms with Crippen molar-refractivity contribution in [1.29, 1.82) is 0 Å². The molecule has 0 saturated carbocycles. The SMILES string of the molecule is Cc1ccc(=O)n(CCNC(=O)c2cc(Cl)ccc2Cl)n1. The average molecular weight is 326 g/mol. The van der Waals surface area contributed by atoms with Crippen LogP contribution in [0.25, 0.3) is 0 Å². The van der Waals surface area contributed by atoms with E-state index in [9.17, 15) is 9.59 Å². The second-order valence-corrected chi connectivity index (χ2v) is 5.26. The average Bonchev–Trinajstić information content (AvgIpc) is 2.45. The zero-order valence-electron chi connectivity index (χ0n) is 11.3. The van der Waals surface area contributed by atoms with Crippen LogP contribution in [-0.4, -0.2) is 22.2 Å². The van der Waals surface area contributed by atoms with E-state index >= 15 is 0 Å². The predicted octanol–water partition coefficient (Wildman–Crippen LogP) is 2.29. The van der Waals surface area contributed by atoms with Crippen molar-refractivity contribution in [3.05, 3.63) is 62.0 Å². The van der Waals surface area contributed by atoms with Gasteiger partial charge in [-0.25, -0.2) is 4.68 Å². The molecule has 1 aromatic heterocycles. The third-order valence-corrected chi connectivity index (χ3v) is 3.35. The Morgan fingerprint density at radius 1 is 1.29 bits per heavy atom. The van der Waals surface area contributed by atoms with E-state index in [1.807, 2.05) is 0 Å². The highest BCUT2D eigenvalue weighted by Crippen LogP contribution is 2.20. The van der Waals surface area contributed by atoms with Crippen LogP contribution in [0.4, 0.5) is 0 Å². The first-order chi connectivity index (χ1) is 9.97. The highest BCUT2D eigenvalue weighted by molar-refractivity contribution is 6.35. The molecule has 0 aliphatic heterocycles. The summed E-state index contributed by atoms with van der Waals surface area (Å²) in [5, 5.41) is 7.51. The molecule has 0 atom stereocenters. The molecule has 1 heterocycles. The van der Waals surface area contributed by atoms with E-state index in [0.29, 0.717) is 15.6 Å². The van der Waals surface area contributed by atoms with Crippen LogP contribution in [0.1, 0.15) is 16.1 Å². The number of carbonyl (C=O) groups is 1. The molecule has 5 nitrogen and oxygen atoms in total. The van der Waals surface area contributed by atoms with Gasteiger partial charge in [0.25, 0.3) is 11.5 Å². The minimum absolute atomic E-state index is 0.212. The first-order valence-electron chi connectivity index (χ1n) is 6.25. The minimum Gasteiger partial charge on any atom is -0.350 e. The Hall–Kier alpha value is -1.85. The van der Waals surface area contributed by atoms with Crippen LogP contribution in [0.5, 0.6) is 0 Å². The summed E-state index contributed by atoms with van der Waals surface area (Å²) in [7, 11) is 0. The third-order valence-electron chi connectivity index (χ3n) is 2.78. The molecule has 7 heteroatoms. The molecule has 2 aromatic rings. The van der Waals surface area contributed by atoms with Crippen LogP contribution in [0.3, 0.4) is 0 Å². The molecule has 2 rings (SSSR count). The molecule has 0 saturated heterocycles. The first-order valence-corrected chi connectivity index (χ1v) is 7.01. The van der Waals surface area contributed by atoms with E-state index in [0.717, 1.165) is 5.69 Å². The fraction of sp³-hybridized carbons (Fsp3) is 0.214.